The van der Waals surface area contributed by atoms with Gasteiger partial charge in [-0.05, 0) is 43.2 Å². The zero-order valence-corrected chi connectivity index (χ0v) is 27.4. The van der Waals surface area contributed by atoms with Crippen LogP contribution in [0, 0.1) is 18.3 Å². The van der Waals surface area contributed by atoms with Crippen molar-refractivity contribution in [2.45, 2.75) is 109 Å². The van der Waals surface area contributed by atoms with Gasteiger partial charge in [0.15, 0.2) is 22.9 Å². The summed E-state index contributed by atoms with van der Waals surface area (Å²) in [6.45, 7) is 21.4. The number of rotatable bonds is 8. The molecule has 0 spiro atoms. The topological polar surface area (TPSA) is 150 Å². The summed E-state index contributed by atoms with van der Waals surface area (Å²) < 4.78 is 51.0. The van der Waals surface area contributed by atoms with Crippen LogP contribution in [0.2, 0.25) is 36.3 Å². The van der Waals surface area contributed by atoms with Crippen LogP contribution in [0.5, 0.6) is 0 Å². The fourth-order valence-electron chi connectivity index (χ4n) is 3.53. The predicted octanol–water partition coefficient (Wildman–Crippen LogP) is 3.39. The van der Waals surface area contributed by atoms with Crippen LogP contribution in [0.25, 0.3) is 0 Å². The quantitative estimate of drug-likeness (QED) is 0.355. The highest BCUT2D eigenvalue weighted by Gasteiger charge is 2.64. The minimum Gasteiger partial charge on any atom is -0.414 e. The highest BCUT2D eigenvalue weighted by molar-refractivity contribution is 7.86. The zero-order valence-electron chi connectivity index (χ0n) is 24.6. The lowest BCUT2D eigenvalue weighted by molar-refractivity contribution is -0.0545. The molecule has 4 atom stereocenters. The molecule has 1 aromatic rings. The first kappa shape index (κ1) is 32.6. The van der Waals surface area contributed by atoms with Gasteiger partial charge < -0.3 is 13.6 Å². The second-order valence-electron chi connectivity index (χ2n) is 13.1. The van der Waals surface area contributed by atoms with Crippen LogP contribution in [0.1, 0.15) is 53.3 Å². The summed E-state index contributed by atoms with van der Waals surface area (Å²) in [4.78, 5) is 27.3. The van der Waals surface area contributed by atoms with Gasteiger partial charge in [0.05, 0.1) is 12.9 Å². The Kier molecular flexibility index (Phi) is 8.94. The normalized spacial score (nSPS) is 25.4. The Morgan fingerprint density at radius 2 is 1.63 bits per heavy atom. The van der Waals surface area contributed by atoms with Gasteiger partial charge in [-0.1, -0.05) is 41.5 Å². The van der Waals surface area contributed by atoms with Crippen molar-refractivity contribution >= 4 is 26.8 Å². The molecule has 1 aliphatic rings. The van der Waals surface area contributed by atoms with E-state index in [9.17, 15) is 23.3 Å². The molecule has 1 N–H and O–H groups in total. The van der Waals surface area contributed by atoms with Crippen LogP contribution >= 0.6 is 0 Å². The Balaban J connectivity index is 2.81. The van der Waals surface area contributed by atoms with Crippen molar-refractivity contribution in [2.24, 2.45) is 0 Å². The van der Waals surface area contributed by atoms with Crippen LogP contribution < -0.4 is 11.2 Å². The van der Waals surface area contributed by atoms with Gasteiger partial charge in [-0.2, -0.15) is 13.7 Å². The summed E-state index contributed by atoms with van der Waals surface area (Å²) in [6, 6.07) is 2.05. The monoisotopic (exact) mass is 589 g/mol. The Morgan fingerprint density at radius 3 is 2.08 bits per heavy atom. The molecule has 0 aliphatic carbocycles. The van der Waals surface area contributed by atoms with E-state index in [1.807, 2.05) is 73.8 Å². The molecule has 1 fully saturated rings. The first-order valence-corrected chi connectivity index (χ1v) is 20.1. The fourth-order valence-corrected chi connectivity index (χ4v) is 6.55. The Labute approximate surface area is 227 Å². The Morgan fingerprint density at radius 1 is 1.11 bits per heavy atom. The molecule has 11 nitrogen and oxygen atoms in total. The Hall–Kier alpha value is -1.61. The number of nitriles is 1. The molecule has 1 saturated heterocycles. The van der Waals surface area contributed by atoms with E-state index in [0.717, 1.165) is 10.8 Å². The second-order valence-corrected chi connectivity index (χ2v) is 24.2. The number of ether oxygens (including phenoxy) is 1. The van der Waals surface area contributed by atoms with E-state index in [1.165, 1.54) is 13.1 Å². The standard InChI is InChI=1S/C24H43N3O8SSi2/c1-16-13-27(21(29)26-19(16)28)20-18(34-38(11,12)23(5,6)7)24(15-25,35-36(8,30)31)17(33-20)14-32-37(9,10)22(2,3)4/h13,17-18,20H,14H2,1-12H3,(H,26,28,29)/t17-,18+,20-,24+/m1/s1. The molecule has 0 unspecified atom stereocenters. The summed E-state index contributed by atoms with van der Waals surface area (Å²) in [5.74, 6) is 0. The van der Waals surface area contributed by atoms with Crippen molar-refractivity contribution in [3.63, 3.8) is 0 Å². The average Bonchev–Trinajstić information content (AvgIpc) is 2.99. The zero-order chi connectivity index (χ0) is 29.7. The van der Waals surface area contributed by atoms with Gasteiger partial charge in [-0.25, -0.2) is 8.98 Å². The molecule has 0 radical (unpaired) electrons. The van der Waals surface area contributed by atoms with E-state index in [2.05, 4.69) is 4.98 Å². The summed E-state index contributed by atoms with van der Waals surface area (Å²) in [5, 5.41) is 10.0. The molecule has 0 saturated carbocycles. The van der Waals surface area contributed by atoms with Crippen LogP contribution in [0.15, 0.2) is 15.8 Å². The number of aromatic nitrogens is 2. The van der Waals surface area contributed by atoms with Gasteiger partial charge in [0, 0.05) is 11.8 Å². The van der Waals surface area contributed by atoms with Gasteiger partial charge in [-0.15, -0.1) is 0 Å². The fraction of sp³-hybridized carbons (Fsp3) is 0.792. The van der Waals surface area contributed by atoms with E-state index in [-0.39, 0.29) is 22.2 Å². The first-order valence-electron chi connectivity index (χ1n) is 12.5. The third-order valence-electron chi connectivity index (χ3n) is 7.98. The maximum absolute atomic E-state index is 12.9. The van der Waals surface area contributed by atoms with Crippen molar-refractivity contribution in [2.75, 3.05) is 12.9 Å². The molecular weight excluding hydrogens is 547 g/mol. The predicted molar refractivity (Wildman–Crippen MR) is 149 cm³/mol. The van der Waals surface area contributed by atoms with Crippen LogP contribution in [0.4, 0.5) is 0 Å². The molecule has 14 heteroatoms. The molecule has 2 rings (SSSR count). The van der Waals surface area contributed by atoms with Crippen LogP contribution in [-0.2, 0) is 27.9 Å². The lowest BCUT2D eigenvalue weighted by Crippen LogP contribution is -2.58. The molecule has 0 amide bonds. The minimum absolute atomic E-state index is 0.162. The summed E-state index contributed by atoms with van der Waals surface area (Å²) >= 11 is 0. The van der Waals surface area contributed by atoms with E-state index in [4.69, 9.17) is 17.8 Å². The maximum Gasteiger partial charge on any atom is 0.330 e. The van der Waals surface area contributed by atoms with Crippen molar-refractivity contribution in [1.29, 1.82) is 5.26 Å². The smallest absolute Gasteiger partial charge is 0.330 e. The van der Waals surface area contributed by atoms with E-state index in [0.29, 0.717) is 0 Å². The lowest BCUT2D eigenvalue weighted by atomic mass is 9.94. The second kappa shape index (κ2) is 10.4. The molecular formula is C24H43N3O8SSi2. The molecule has 216 valence electrons. The molecule has 1 aliphatic heterocycles. The Bertz CT molecular complexity index is 1300. The number of nitrogens with zero attached hydrogens (tertiary/aromatic N) is 2. The number of hydrogen-bond acceptors (Lipinski definition) is 9. The summed E-state index contributed by atoms with van der Waals surface area (Å²) in [7, 11) is -9.29. The number of aryl methyl sites for hydroxylation is 1. The highest BCUT2D eigenvalue weighted by Crippen LogP contribution is 2.48. The van der Waals surface area contributed by atoms with Crippen molar-refractivity contribution in [3.8, 4) is 6.07 Å². The first-order chi connectivity index (χ1) is 16.9. The minimum atomic E-state index is -4.20. The number of aromatic amines is 1. The van der Waals surface area contributed by atoms with Gasteiger partial charge in [0.2, 0.25) is 5.60 Å². The largest absolute Gasteiger partial charge is 0.414 e. The lowest BCUT2D eigenvalue weighted by Gasteiger charge is -2.42. The summed E-state index contributed by atoms with van der Waals surface area (Å²) in [6.07, 6.45) is -1.67. The van der Waals surface area contributed by atoms with E-state index < -0.39 is 62.0 Å². The van der Waals surface area contributed by atoms with Gasteiger partial charge in [0.1, 0.15) is 18.3 Å². The molecule has 0 bridgehead atoms. The third kappa shape index (κ3) is 6.57. The molecule has 0 aromatic carbocycles. The van der Waals surface area contributed by atoms with Gasteiger partial charge in [-0.3, -0.25) is 14.3 Å². The van der Waals surface area contributed by atoms with Crippen LogP contribution in [-0.4, -0.2) is 65.3 Å². The average molecular weight is 590 g/mol. The number of hydrogen-bond donors (Lipinski definition) is 1. The summed E-state index contributed by atoms with van der Waals surface area (Å²) in [5.41, 5.74) is -3.29. The van der Waals surface area contributed by atoms with E-state index in [1.54, 1.807) is 0 Å². The number of H-pyrrole nitrogens is 1. The van der Waals surface area contributed by atoms with Crippen molar-refractivity contribution in [3.05, 3.63) is 32.6 Å². The van der Waals surface area contributed by atoms with Gasteiger partial charge >= 0.3 is 5.69 Å². The SMILES string of the molecule is Cc1cn([C@@H]2O[C@H](CO[Si](C)(C)C(C)(C)C)[C@](C#N)(OS(C)(=O)=O)[C@H]2O[Si](C)(C)C(C)(C)C)c(=O)[nH]c1=O. The molecule has 2 heterocycles. The van der Waals surface area contributed by atoms with Crippen molar-refractivity contribution < 1.29 is 26.2 Å². The molecule has 1 aromatic heterocycles. The molecule has 38 heavy (non-hydrogen) atoms. The maximum atomic E-state index is 12.9. The number of nitrogens with one attached hydrogen (secondary N) is 1. The van der Waals surface area contributed by atoms with Crippen molar-refractivity contribution in [1.82, 2.24) is 9.55 Å². The third-order valence-corrected chi connectivity index (χ3v) is 17.5. The highest BCUT2D eigenvalue weighted by atomic mass is 32.2. The van der Waals surface area contributed by atoms with E-state index >= 15 is 0 Å². The van der Waals surface area contributed by atoms with Crippen LogP contribution in [0.3, 0.4) is 0 Å². The van der Waals surface area contributed by atoms with Gasteiger partial charge in [0.25, 0.3) is 15.7 Å².